The van der Waals surface area contributed by atoms with E-state index in [0.717, 1.165) is 34.2 Å². The molecule has 0 bridgehead atoms. The first-order valence-electron chi connectivity index (χ1n) is 10.8. The van der Waals surface area contributed by atoms with E-state index in [4.69, 9.17) is 0 Å². The highest BCUT2D eigenvalue weighted by Gasteiger charge is 2.32. The van der Waals surface area contributed by atoms with E-state index >= 15 is 0 Å². The summed E-state index contributed by atoms with van der Waals surface area (Å²) in [6.07, 6.45) is -1.79. The summed E-state index contributed by atoms with van der Waals surface area (Å²) in [5, 5.41) is 3.86. The molecule has 0 saturated carbocycles. The number of carbonyl (C=O) groups is 1. The van der Waals surface area contributed by atoms with Crippen LogP contribution in [-0.4, -0.2) is 17.0 Å². The van der Waals surface area contributed by atoms with Gasteiger partial charge in [-0.2, -0.15) is 13.2 Å². The molecule has 3 nitrogen and oxygen atoms in total. The number of para-hydroxylation sites is 1. The third kappa shape index (κ3) is 5.28. The van der Waals surface area contributed by atoms with Crippen molar-refractivity contribution in [2.24, 2.45) is 7.05 Å². The van der Waals surface area contributed by atoms with Crippen LogP contribution in [0, 0.1) is 0 Å². The predicted octanol–water partition coefficient (Wildman–Crippen LogP) is 6.08. The van der Waals surface area contributed by atoms with Crippen LogP contribution in [0.4, 0.5) is 13.2 Å². The van der Waals surface area contributed by atoms with E-state index in [-0.39, 0.29) is 12.3 Å². The number of nitrogens with zero attached hydrogens (tertiary/aromatic N) is 1. The molecule has 4 aromatic rings. The molecule has 0 fully saturated rings. The van der Waals surface area contributed by atoms with Crippen LogP contribution in [0.15, 0.2) is 85.1 Å². The van der Waals surface area contributed by atoms with E-state index < -0.39 is 17.7 Å². The highest BCUT2D eigenvalue weighted by Crippen LogP contribution is 2.37. The molecule has 1 amide bonds. The molecule has 1 aromatic heterocycles. The van der Waals surface area contributed by atoms with Crippen molar-refractivity contribution in [2.75, 3.05) is 6.54 Å². The van der Waals surface area contributed by atoms with Crippen LogP contribution < -0.4 is 5.32 Å². The van der Waals surface area contributed by atoms with Gasteiger partial charge in [0.1, 0.15) is 0 Å². The third-order valence-corrected chi connectivity index (χ3v) is 5.89. The molecule has 0 spiro atoms. The molecule has 4 rings (SSSR count). The second kappa shape index (κ2) is 9.53. The number of halogens is 3. The van der Waals surface area contributed by atoms with Crippen LogP contribution in [0.5, 0.6) is 0 Å². The lowest BCUT2D eigenvalue weighted by molar-refractivity contribution is -0.137. The van der Waals surface area contributed by atoms with Gasteiger partial charge in [0.15, 0.2) is 0 Å². The number of fused-ring (bicyclic) bond motifs is 1. The highest BCUT2D eigenvalue weighted by molar-refractivity contribution is 5.86. The highest BCUT2D eigenvalue weighted by atomic mass is 19.4. The smallest absolute Gasteiger partial charge is 0.356 e. The van der Waals surface area contributed by atoms with Gasteiger partial charge in [-0.3, -0.25) is 4.79 Å². The van der Waals surface area contributed by atoms with Gasteiger partial charge in [0.2, 0.25) is 5.91 Å². The van der Waals surface area contributed by atoms with E-state index in [0.29, 0.717) is 18.5 Å². The Kier molecular flexibility index (Phi) is 6.54. The number of nitrogens with one attached hydrogen (secondary N) is 1. The lowest BCUT2D eigenvalue weighted by Gasteiger charge is -2.19. The fourth-order valence-corrected chi connectivity index (χ4v) is 4.24. The number of alkyl halides is 3. The lowest BCUT2D eigenvalue weighted by atomic mass is 9.87. The summed E-state index contributed by atoms with van der Waals surface area (Å²) >= 11 is 0. The fourth-order valence-electron chi connectivity index (χ4n) is 4.24. The average molecular weight is 451 g/mol. The Labute approximate surface area is 190 Å². The Balaban J connectivity index is 1.62. The summed E-state index contributed by atoms with van der Waals surface area (Å²) in [6, 6.07) is 22.8. The number of hydrogen-bond donors (Lipinski definition) is 1. The van der Waals surface area contributed by atoms with Gasteiger partial charge in [-0.25, -0.2) is 0 Å². The summed E-state index contributed by atoms with van der Waals surface area (Å²) in [6.45, 7) is 0.466. The van der Waals surface area contributed by atoms with Crippen LogP contribution in [0.2, 0.25) is 0 Å². The zero-order chi connectivity index (χ0) is 23.4. The van der Waals surface area contributed by atoms with Gasteiger partial charge in [0.25, 0.3) is 0 Å². The maximum absolute atomic E-state index is 13.4. The van der Waals surface area contributed by atoms with Crippen molar-refractivity contribution in [1.82, 2.24) is 9.88 Å². The number of aryl methyl sites for hydroxylation is 1. The van der Waals surface area contributed by atoms with E-state index in [1.165, 1.54) is 6.07 Å². The molecule has 170 valence electrons. The molecule has 1 N–H and O–H groups in total. The zero-order valence-electron chi connectivity index (χ0n) is 18.3. The van der Waals surface area contributed by atoms with Crippen LogP contribution in [0.1, 0.15) is 34.6 Å². The molecular weight excluding hydrogens is 425 g/mol. The zero-order valence-corrected chi connectivity index (χ0v) is 18.3. The Morgan fingerprint density at radius 3 is 2.45 bits per heavy atom. The first-order valence-corrected chi connectivity index (χ1v) is 10.8. The summed E-state index contributed by atoms with van der Waals surface area (Å²) < 4.78 is 42.1. The molecule has 33 heavy (non-hydrogen) atoms. The standard InChI is InChI=1S/C27H25F3N2O/c1-32-18-24(22-12-5-6-13-25(22)32)23(20-10-7-11-21(16-20)27(28,29)30)17-26(33)31-15-14-19-8-3-2-4-9-19/h2-13,16,18,23H,14-15,17H2,1H3,(H,31,33)/t23-/m0/s1. The quantitative estimate of drug-likeness (QED) is 0.364. The molecule has 0 unspecified atom stereocenters. The Morgan fingerprint density at radius 2 is 1.70 bits per heavy atom. The molecule has 0 aliphatic carbocycles. The molecule has 0 radical (unpaired) electrons. The molecule has 0 aliphatic heterocycles. The summed E-state index contributed by atoms with van der Waals surface area (Å²) in [5.41, 5.74) is 2.68. The summed E-state index contributed by atoms with van der Waals surface area (Å²) in [4.78, 5) is 12.9. The van der Waals surface area contributed by atoms with Gasteiger partial charge >= 0.3 is 6.18 Å². The minimum atomic E-state index is -4.45. The summed E-state index contributed by atoms with van der Waals surface area (Å²) in [5.74, 6) is -0.698. The van der Waals surface area contributed by atoms with Gasteiger partial charge in [0, 0.05) is 43.0 Å². The molecule has 3 aromatic carbocycles. The van der Waals surface area contributed by atoms with Crippen LogP contribution in [0.3, 0.4) is 0 Å². The Morgan fingerprint density at radius 1 is 0.970 bits per heavy atom. The first-order chi connectivity index (χ1) is 15.8. The van der Waals surface area contributed by atoms with Crippen molar-refractivity contribution in [3.05, 3.63) is 107 Å². The maximum Gasteiger partial charge on any atom is 0.416 e. The van der Waals surface area contributed by atoms with Crippen molar-refractivity contribution < 1.29 is 18.0 Å². The molecule has 0 aliphatic rings. The first kappa shape index (κ1) is 22.6. The van der Waals surface area contributed by atoms with Gasteiger partial charge in [-0.15, -0.1) is 0 Å². The van der Waals surface area contributed by atoms with Crippen LogP contribution in [0.25, 0.3) is 10.9 Å². The van der Waals surface area contributed by atoms with Crippen molar-refractivity contribution in [3.8, 4) is 0 Å². The number of rotatable bonds is 7. The second-order valence-corrected chi connectivity index (χ2v) is 8.18. The number of aromatic nitrogens is 1. The van der Waals surface area contributed by atoms with Gasteiger partial charge in [0.05, 0.1) is 5.56 Å². The average Bonchev–Trinajstić information content (AvgIpc) is 3.14. The van der Waals surface area contributed by atoms with Crippen molar-refractivity contribution >= 4 is 16.8 Å². The minimum Gasteiger partial charge on any atom is -0.356 e. The summed E-state index contributed by atoms with van der Waals surface area (Å²) in [7, 11) is 1.90. The normalized spacial score (nSPS) is 12.6. The number of amides is 1. The van der Waals surface area contributed by atoms with E-state index in [2.05, 4.69) is 5.32 Å². The fraction of sp³-hybridized carbons (Fsp3) is 0.222. The van der Waals surface area contributed by atoms with Crippen molar-refractivity contribution in [1.29, 1.82) is 0 Å². The monoisotopic (exact) mass is 450 g/mol. The SMILES string of the molecule is Cn1cc([C@@H](CC(=O)NCCc2ccccc2)c2cccc(C(F)(F)F)c2)c2ccccc21. The van der Waals surface area contributed by atoms with Crippen LogP contribution >= 0.6 is 0 Å². The third-order valence-electron chi connectivity index (χ3n) is 5.89. The predicted molar refractivity (Wildman–Crippen MR) is 124 cm³/mol. The number of hydrogen-bond acceptors (Lipinski definition) is 1. The lowest BCUT2D eigenvalue weighted by Crippen LogP contribution is -2.27. The van der Waals surface area contributed by atoms with E-state index in [9.17, 15) is 18.0 Å². The minimum absolute atomic E-state index is 0.0596. The number of benzene rings is 3. The van der Waals surface area contributed by atoms with E-state index in [1.54, 1.807) is 6.07 Å². The molecule has 0 saturated heterocycles. The van der Waals surface area contributed by atoms with Gasteiger partial charge in [-0.1, -0.05) is 66.7 Å². The van der Waals surface area contributed by atoms with Crippen molar-refractivity contribution in [3.63, 3.8) is 0 Å². The molecule has 1 heterocycles. The number of carbonyl (C=O) groups excluding carboxylic acids is 1. The molecule has 1 atom stereocenters. The van der Waals surface area contributed by atoms with Crippen LogP contribution in [-0.2, 0) is 24.4 Å². The second-order valence-electron chi connectivity index (χ2n) is 8.18. The maximum atomic E-state index is 13.4. The molecule has 6 heteroatoms. The topological polar surface area (TPSA) is 34.0 Å². The van der Waals surface area contributed by atoms with Crippen molar-refractivity contribution in [2.45, 2.75) is 24.9 Å². The largest absolute Gasteiger partial charge is 0.416 e. The Hall–Kier alpha value is -3.54. The van der Waals surface area contributed by atoms with E-state index in [1.807, 2.05) is 72.4 Å². The molecular formula is C27H25F3N2O. The van der Waals surface area contributed by atoms with Gasteiger partial charge in [-0.05, 0) is 35.2 Å². The van der Waals surface area contributed by atoms with Gasteiger partial charge < -0.3 is 9.88 Å². The Bertz CT molecular complexity index is 1250.